The summed E-state index contributed by atoms with van der Waals surface area (Å²) in [5.74, 6) is -0.0641. The number of nitrogens with zero attached hydrogens (tertiary/aromatic N) is 16. The van der Waals surface area contributed by atoms with E-state index in [0.717, 1.165) is 25.3 Å². The van der Waals surface area contributed by atoms with E-state index in [4.69, 9.17) is 127 Å². The summed E-state index contributed by atoms with van der Waals surface area (Å²) in [4.78, 5) is 106. The molecule has 0 spiro atoms. The lowest BCUT2D eigenvalue weighted by molar-refractivity contribution is -0.228. The average Bonchev–Trinajstić information content (AvgIpc) is 1.64. The minimum Gasteiger partial charge on any atom is -0.649 e. The molecular weight excluding hydrogens is 1460 g/mol. The van der Waals surface area contributed by atoms with Gasteiger partial charge in [-0.15, -0.1) is 0 Å². The van der Waals surface area contributed by atoms with Crippen molar-refractivity contribution in [3.63, 3.8) is 0 Å². The van der Waals surface area contributed by atoms with Gasteiger partial charge >= 0.3 is 0 Å². The smallest absolute Gasteiger partial charge is 0.167 e. The number of aliphatic hydroxyl groups is 8. The molecule has 4 aliphatic heterocycles. The fourth-order valence-electron chi connectivity index (χ4n) is 10.5. The van der Waals surface area contributed by atoms with Crippen LogP contribution in [0.5, 0.6) is 0 Å². The van der Waals surface area contributed by atoms with Crippen LogP contribution in [0.25, 0.3) is 44.7 Å². The van der Waals surface area contributed by atoms with Gasteiger partial charge in [-0.1, -0.05) is 0 Å². The Morgan fingerprint density at radius 1 is 0.351 bits per heavy atom. The van der Waals surface area contributed by atoms with Gasteiger partial charge in [0.25, 0.3) is 0 Å². The van der Waals surface area contributed by atoms with E-state index in [1.165, 1.54) is 43.6 Å². The van der Waals surface area contributed by atoms with Crippen molar-refractivity contribution in [2.24, 2.45) is 5.41 Å². The molecule has 4 aliphatic rings. The van der Waals surface area contributed by atoms with E-state index < -0.39 is 185 Å². The van der Waals surface area contributed by atoms with Crippen molar-refractivity contribution >= 4 is 146 Å². The summed E-state index contributed by atoms with van der Waals surface area (Å²) >= 11 is 21.1. The lowest BCUT2D eigenvalue weighted by atomic mass is 9.93. The fraction of sp³-hybridized carbons (Fsp3) is 0.556. The van der Waals surface area contributed by atoms with Crippen molar-refractivity contribution in [3.05, 3.63) is 50.6 Å². The summed E-state index contributed by atoms with van der Waals surface area (Å²) in [7, 11) is -20.1. The van der Waals surface area contributed by atoms with Crippen molar-refractivity contribution < 1.29 is 116 Å². The number of imidazole rings is 4. The molecule has 12 rings (SSSR count). The number of aliphatic hydroxyl groups excluding tert-OH is 8. The molecule has 0 amide bonds. The maximum atomic E-state index is 14.3. The lowest BCUT2D eigenvalue weighted by Gasteiger charge is -2.43. The second-order valence-electron chi connectivity index (χ2n) is 22.1. The van der Waals surface area contributed by atoms with Gasteiger partial charge in [0.2, 0.25) is 0 Å². The number of ether oxygens (including phenoxy) is 4. The maximum Gasteiger partial charge on any atom is 0.167 e. The normalized spacial score (nSPS) is 30.9. The first-order valence-electron chi connectivity index (χ1n) is 28.1. The number of aromatic nitrogens is 16. The highest BCUT2D eigenvalue weighted by molar-refractivity contribution is 8.35. The number of anilines is 4. The molecule has 0 saturated carbocycles. The van der Waals surface area contributed by atoms with Gasteiger partial charge in [0.1, 0.15) is 202 Å². The largest absolute Gasteiger partial charge is 0.649 e. The van der Waals surface area contributed by atoms with Crippen molar-refractivity contribution in [1.82, 2.24) is 78.1 Å². The first-order chi connectivity index (χ1) is 45.9. The monoisotopic (exact) mass is 1510 g/mol. The van der Waals surface area contributed by atoms with Gasteiger partial charge < -0.3 is 151 Å². The quantitative estimate of drug-likeness (QED) is 0.0160. The van der Waals surface area contributed by atoms with E-state index in [2.05, 4.69) is 59.8 Å². The number of nitrogen functional groups attached to an aromatic ring is 4. The molecule has 528 valence electrons. The first kappa shape index (κ1) is 72.4. The van der Waals surface area contributed by atoms with E-state index in [0.29, 0.717) is 0 Å². The van der Waals surface area contributed by atoms with E-state index in [9.17, 15) is 60.4 Å². The van der Waals surface area contributed by atoms with Crippen LogP contribution in [0.15, 0.2) is 50.6 Å². The van der Waals surface area contributed by atoms with Gasteiger partial charge in [0, 0.05) is 0 Å². The van der Waals surface area contributed by atoms with Crippen LogP contribution in [-0.4, -0.2) is 245 Å². The molecule has 97 heavy (non-hydrogen) atoms. The molecular formula is C45H56N20O24P4S4-4. The summed E-state index contributed by atoms with van der Waals surface area (Å²) in [5.41, 5.74) is 22.1. The average molecular weight is 1510 g/mol. The summed E-state index contributed by atoms with van der Waals surface area (Å²) in [5, 5.41) is 89.0. The lowest BCUT2D eigenvalue weighted by Crippen LogP contribution is -2.44. The van der Waals surface area contributed by atoms with Crippen molar-refractivity contribution in [2.45, 2.75) is 98.2 Å². The molecule has 8 aromatic heterocycles. The van der Waals surface area contributed by atoms with Crippen LogP contribution in [0.4, 0.5) is 23.3 Å². The zero-order chi connectivity index (χ0) is 69.3. The molecule has 16 N–H and O–H groups in total. The van der Waals surface area contributed by atoms with E-state index in [1.807, 2.05) is 0 Å². The third-order valence-electron chi connectivity index (χ3n) is 15.7. The minimum absolute atomic E-state index is 0.0160. The molecule has 44 nitrogen and oxygen atoms in total. The van der Waals surface area contributed by atoms with Gasteiger partial charge in [-0.2, -0.15) is 0 Å². The van der Waals surface area contributed by atoms with Crippen LogP contribution in [0.2, 0.25) is 0 Å². The molecule has 4 fully saturated rings. The summed E-state index contributed by atoms with van der Waals surface area (Å²) in [6, 6.07) is 0. The summed E-state index contributed by atoms with van der Waals surface area (Å²) < 4.78 is 73.3. The Morgan fingerprint density at radius 3 is 0.763 bits per heavy atom. The number of fused-ring (bicyclic) bond motifs is 4. The molecule has 4 unspecified atom stereocenters. The zero-order valence-corrected chi connectivity index (χ0v) is 55.9. The SMILES string of the molecule is Nc1ncnc2c1ncn2[C@@H]1O[C@H](CO[P+]([O-])([S-])OCC(CO[P+]([O-])([S-])OC[C@H]2O[C@@H](n3cnc4c(N)ncnc43)[C@H](O)[C@@H]2O)(CO[P+]([O-])([S-])OC[C@H]2O[C@@H](n3cnc4c(N)ncnc43)[C@H](O)[C@@H]2O)CO[P+]([O-])([S-])OC[C@H]2O[C@@H](n3cnc4c(N)ncnc43)[C@H](O)[C@@H]2O)[C@@H](O)[C@H]1O. The molecule has 20 atom stereocenters. The minimum atomic E-state index is -5.02. The highest BCUT2D eigenvalue weighted by Crippen LogP contribution is 2.59. The Morgan fingerprint density at radius 2 is 0.557 bits per heavy atom. The number of hydrogen-bond donors (Lipinski definition) is 12. The first-order valence-corrected chi connectivity index (χ1v) is 38.3. The van der Waals surface area contributed by atoms with Gasteiger partial charge in [0.15, 0.2) is 70.8 Å². The molecule has 0 aromatic carbocycles. The zero-order valence-electron chi connectivity index (χ0n) is 49.0. The van der Waals surface area contributed by atoms with Crippen molar-refractivity contribution in [3.8, 4) is 0 Å². The third kappa shape index (κ3) is 15.2. The number of hydrogen-bond acceptors (Lipinski definition) is 44. The third-order valence-corrected chi connectivity index (χ3v) is 21.9. The number of nitrogens with two attached hydrogens (primary N) is 4. The van der Waals surface area contributed by atoms with Crippen LogP contribution >= 0.6 is 28.6 Å². The highest BCUT2D eigenvalue weighted by atomic mass is 32.7. The maximum absolute atomic E-state index is 14.3. The predicted octanol–water partition coefficient (Wildman–Crippen LogP) is -7.39. The second kappa shape index (κ2) is 28.8. The summed E-state index contributed by atoms with van der Waals surface area (Å²) in [6.07, 6.45) is -16.3. The topological polar surface area (TPSA) is 643 Å². The van der Waals surface area contributed by atoms with Crippen LogP contribution in [0, 0.1) is 5.41 Å². The molecule has 0 radical (unpaired) electrons. The van der Waals surface area contributed by atoms with Crippen LogP contribution < -0.4 is 42.5 Å². The van der Waals surface area contributed by atoms with Crippen molar-refractivity contribution in [2.75, 3.05) is 75.8 Å². The van der Waals surface area contributed by atoms with Crippen LogP contribution in [-0.2, 0) is 104 Å². The number of rotatable bonds is 28. The molecule has 0 aliphatic carbocycles. The molecule has 52 heteroatoms. The summed E-state index contributed by atoms with van der Waals surface area (Å²) in [6.45, 7) is -8.43. The van der Waals surface area contributed by atoms with Crippen LogP contribution in [0.3, 0.4) is 0 Å². The standard InChI is InChI=1S/C45H60N20O24P4S4/c46-33-21-37(54-9-50-33)62(13-58-21)41-29(70)25(66)17(86-41)1-78-90(74,94)82-5-45(6-83-91(75,95)79-2-18-26(67)30(71)42(87-18)63-14-59-22-34(47)51-10-55-38(22)63,7-84-92(76,96)80-3-19-27(68)31(72)43(88-19)64-15-60-23-35(48)52-11-56-39(23)64)8-85-93(77,97)81-4-20-28(69)32(73)44(89-20)65-16-61-24-36(49)53-12-57-40(24)65/h9-20,25-32,41-44,66-73H,1-8H2,(H,74,94)(H,75,95)(H,76,96)(H,77,97)(H2,46,50,54)(H2,47,51,55)(H2,48,52,56)(H2,49,53,57)/p-4/t17-,18-,19-,20-,25-,26-,27-,28-,29-,30-,31-,32-,41-,42-,43-,44-,45?,90?,91?,92?,93?/m1/s1. The van der Waals surface area contributed by atoms with E-state index in [1.54, 1.807) is 0 Å². The van der Waals surface area contributed by atoms with Gasteiger partial charge in [0.05, 0.1) is 30.7 Å². The van der Waals surface area contributed by atoms with Gasteiger partial charge in [-0.05, 0) is 0 Å². The Kier molecular flexibility index (Phi) is 21.5. The van der Waals surface area contributed by atoms with Gasteiger partial charge in [-0.3, -0.25) is 18.3 Å². The van der Waals surface area contributed by atoms with Crippen molar-refractivity contribution in [1.29, 1.82) is 0 Å². The Balaban J connectivity index is 0.789. The predicted molar refractivity (Wildman–Crippen MR) is 330 cm³/mol. The molecule has 12 heterocycles. The van der Waals surface area contributed by atoms with Crippen LogP contribution in [0.1, 0.15) is 24.9 Å². The fourth-order valence-corrected chi connectivity index (χ4v) is 15.2. The van der Waals surface area contributed by atoms with Gasteiger partial charge in [-0.25, -0.2) is 96.0 Å². The Hall–Kier alpha value is -4.44. The highest BCUT2D eigenvalue weighted by Gasteiger charge is 2.51. The molecule has 8 aromatic rings. The second-order valence-corrected chi connectivity index (χ2v) is 33.1. The van der Waals surface area contributed by atoms with E-state index in [-0.39, 0.29) is 67.9 Å². The van der Waals surface area contributed by atoms with E-state index >= 15 is 0 Å². The molecule has 4 saturated heterocycles. The Bertz CT molecular complexity index is 3580. The molecule has 0 bridgehead atoms. The Labute approximate surface area is 566 Å².